The van der Waals surface area contributed by atoms with Gasteiger partial charge in [0.05, 0.1) is 11.8 Å². The number of fused-ring (bicyclic) bond motifs is 1. The maximum absolute atomic E-state index is 12.4. The smallest absolute Gasteiger partial charge is 0.230 e. The van der Waals surface area contributed by atoms with Crippen LogP contribution in [0.5, 0.6) is 0 Å². The van der Waals surface area contributed by atoms with Gasteiger partial charge >= 0.3 is 0 Å². The average Bonchev–Trinajstić information content (AvgIpc) is 3.44. The highest BCUT2D eigenvalue weighted by atomic mass is 32.2. The van der Waals surface area contributed by atoms with E-state index in [1.165, 1.54) is 63.9 Å². The summed E-state index contributed by atoms with van der Waals surface area (Å²) in [4.78, 5) is 13.8. The summed E-state index contributed by atoms with van der Waals surface area (Å²) in [7, 11) is 0. The number of hydrogen-bond acceptors (Lipinski definition) is 7. The Morgan fingerprint density at radius 3 is 2.90 bits per heavy atom. The van der Waals surface area contributed by atoms with Crippen LogP contribution in [0, 0.1) is 0 Å². The van der Waals surface area contributed by atoms with Gasteiger partial charge in [0.15, 0.2) is 4.34 Å². The summed E-state index contributed by atoms with van der Waals surface area (Å²) < 4.78 is 0.810. The van der Waals surface area contributed by atoms with Crippen molar-refractivity contribution in [2.24, 2.45) is 0 Å². The quantitative estimate of drug-likeness (QED) is 0.437. The summed E-state index contributed by atoms with van der Waals surface area (Å²) in [6, 6.07) is 10.9. The molecule has 1 unspecified atom stereocenters. The fourth-order valence-electron chi connectivity index (χ4n) is 3.60. The number of nitrogens with one attached hydrogen (secondary N) is 2. The molecule has 2 heterocycles. The Hall–Kier alpha value is -1.90. The molecule has 0 saturated carbocycles. The van der Waals surface area contributed by atoms with Crippen LogP contribution in [-0.2, 0) is 24.1 Å². The second-order valence-electron chi connectivity index (χ2n) is 7.44. The first kappa shape index (κ1) is 21.3. The zero-order chi connectivity index (χ0) is 20.8. The van der Waals surface area contributed by atoms with Crippen LogP contribution in [0.4, 0.5) is 5.13 Å². The molecule has 1 aliphatic rings. The van der Waals surface area contributed by atoms with Gasteiger partial charge in [-0.15, -0.1) is 21.5 Å². The van der Waals surface area contributed by atoms with E-state index in [0.717, 1.165) is 28.9 Å². The normalized spacial score (nSPS) is 14.2. The van der Waals surface area contributed by atoms with E-state index in [0.29, 0.717) is 5.75 Å². The predicted octanol–water partition coefficient (Wildman–Crippen LogP) is 5.10. The predicted molar refractivity (Wildman–Crippen MR) is 127 cm³/mol. The summed E-state index contributed by atoms with van der Waals surface area (Å²) in [5.74, 6) is 0.367. The number of amides is 1. The molecule has 2 aromatic heterocycles. The second-order valence-corrected chi connectivity index (χ2v) is 10.7. The van der Waals surface area contributed by atoms with E-state index in [1.807, 2.05) is 6.92 Å². The van der Waals surface area contributed by atoms with E-state index in [2.05, 4.69) is 56.5 Å². The lowest BCUT2D eigenvalue weighted by Crippen LogP contribution is -2.28. The highest BCUT2D eigenvalue weighted by Gasteiger charge is 2.15. The number of aryl methyl sites for hydroxylation is 2. The number of thioether (sulfide) groups is 1. The standard InChI is InChI=1S/C22H26N4OS3/c1-15(17-9-8-16-5-2-3-6-18(16)13-17)24-20(27)14-29-22-26-25-21(30-22)23-11-10-19-7-4-12-28-19/h4,7-9,12-13,15H,2-3,5-6,10-11,14H2,1H3,(H,23,25)(H,24,27). The van der Waals surface area contributed by atoms with Gasteiger partial charge in [-0.2, -0.15) is 0 Å². The number of anilines is 1. The molecular weight excluding hydrogens is 432 g/mol. The molecule has 1 aromatic carbocycles. The lowest BCUT2D eigenvalue weighted by Gasteiger charge is -2.20. The van der Waals surface area contributed by atoms with Gasteiger partial charge in [0.2, 0.25) is 11.0 Å². The summed E-state index contributed by atoms with van der Waals surface area (Å²) >= 11 is 4.69. The van der Waals surface area contributed by atoms with Gasteiger partial charge in [-0.1, -0.05) is 47.4 Å². The van der Waals surface area contributed by atoms with Gasteiger partial charge < -0.3 is 10.6 Å². The van der Waals surface area contributed by atoms with Crippen LogP contribution in [0.3, 0.4) is 0 Å². The maximum atomic E-state index is 12.4. The molecule has 0 bridgehead atoms. The van der Waals surface area contributed by atoms with Gasteiger partial charge in [0.25, 0.3) is 0 Å². The topological polar surface area (TPSA) is 66.9 Å². The Balaban J connectivity index is 1.21. The monoisotopic (exact) mass is 458 g/mol. The Kier molecular flexibility index (Phi) is 7.41. The van der Waals surface area contributed by atoms with Gasteiger partial charge in [0, 0.05) is 11.4 Å². The number of thiophene rings is 1. The largest absolute Gasteiger partial charge is 0.360 e. The Morgan fingerprint density at radius 2 is 2.07 bits per heavy atom. The molecule has 158 valence electrons. The van der Waals surface area contributed by atoms with Crippen LogP contribution in [0.2, 0.25) is 0 Å². The molecule has 0 aliphatic heterocycles. The minimum Gasteiger partial charge on any atom is -0.360 e. The van der Waals surface area contributed by atoms with E-state index in [9.17, 15) is 4.79 Å². The first-order valence-electron chi connectivity index (χ1n) is 10.3. The number of hydrogen-bond donors (Lipinski definition) is 2. The van der Waals surface area contributed by atoms with Crippen molar-refractivity contribution in [3.8, 4) is 0 Å². The third-order valence-electron chi connectivity index (χ3n) is 5.21. The van der Waals surface area contributed by atoms with Crippen molar-refractivity contribution >= 4 is 45.5 Å². The molecule has 3 aromatic rings. The van der Waals surface area contributed by atoms with Crippen molar-refractivity contribution in [2.45, 2.75) is 49.4 Å². The SMILES string of the molecule is CC(NC(=O)CSc1nnc(NCCc2cccs2)s1)c1ccc2c(c1)CCCC2. The molecule has 1 amide bonds. The number of nitrogens with zero attached hydrogens (tertiary/aromatic N) is 2. The molecule has 0 radical (unpaired) electrons. The molecule has 1 atom stereocenters. The van der Waals surface area contributed by atoms with Crippen LogP contribution in [0.15, 0.2) is 40.1 Å². The molecule has 1 aliphatic carbocycles. The second kappa shape index (κ2) is 10.4. The zero-order valence-corrected chi connectivity index (χ0v) is 19.5. The van der Waals surface area contributed by atoms with Gasteiger partial charge in [-0.25, -0.2) is 0 Å². The van der Waals surface area contributed by atoms with Crippen molar-refractivity contribution in [1.29, 1.82) is 0 Å². The van der Waals surface area contributed by atoms with Crippen molar-refractivity contribution in [2.75, 3.05) is 17.6 Å². The summed E-state index contributed by atoms with van der Waals surface area (Å²) in [6.45, 7) is 2.88. The molecular formula is C22H26N4OS3. The zero-order valence-electron chi connectivity index (χ0n) is 17.0. The fraction of sp³-hybridized carbons (Fsp3) is 0.409. The minimum atomic E-state index is 0.00854. The van der Waals surface area contributed by atoms with E-state index in [4.69, 9.17) is 0 Å². The number of benzene rings is 1. The highest BCUT2D eigenvalue weighted by molar-refractivity contribution is 8.01. The number of rotatable bonds is 9. The van der Waals surface area contributed by atoms with Gasteiger partial charge in [-0.05, 0) is 67.2 Å². The van der Waals surface area contributed by atoms with E-state index < -0.39 is 0 Å². The molecule has 4 rings (SSSR count). The maximum Gasteiger partial charge on any atom is 0.230 e. The van der Waals surface area contributed by atoms with Crippen molar-refractivity contribution in [3.63, 3.8) is 0 Å². The first-order valence-corrected chi connectivity index (χ1v) is 13.0. The summed E-state index contributed by atoms with van der Waals surface area (Å²) in [6.07, 6.45) is 5.86. The molecule has 5 nitrogen and oxygen atoms in total. The summed E-state index contributed by atoms with van der Waals surface area (Å²) in [5, 5.41) is 17.7. The van der Waals surface area contributed by atoms with E-state index in [1.54, 1.807) is 11.3 Å². The molecule has 2 N–H and O–H groups in total. The lowest BCUT2D eigenvalue weighted by atomic mass is 9.89. The van der Waals surface area contributed by atoms with E-state index >= 15 is 0 Å². The number of carbonyl (C=O) groups is 1. The average molecular weight is 459 g/mol. The Labute approximate surface area is 189 Å². The highest BCUT2D eigenvalue weighted by Crippen LogP contribution is 2.27. The molecule has 30 heavy (non-hydrogen) atoms. The Morgan fingerprint density at radius 1 is 1.20 bits per heavy atom. The van der Waals surface area contributed by atoms with Crippen molar-refractivity contribution in [3.05, 3.63) is 57.3 Å². The van der Waals surface area contributed by atoms with Crippen molar-refractivity contribution < 1.29 is 4.79 Å². The third kappa shape index (κ3) is 5.83. The molecule has 0 fully saturated rings. The van der Waals surface area contributed by atoms with Crippen LogP contribution >= 0.6 is 34.4 Å². The lowest BCUT2D eigenvalue weighted by molar-refractivity contribution is -0.119. The number of aromatic nitrogens is 2. The van der Waals surface area contributed by atoms with Crippen LogP contribution < -0.4 is 10.6 Å². The third-order valence-corrected chi connectivity index (χ3v) is 8.16. The molecule has 0 spiro atoms. The van der Waals surface area contributed by atoms with Crippen LogP contribution in [0.1, 0.15) is 47.4 Å². The Bertz CT molecular complexity index is 971. The molecule has 0 saturated heterocycles. The van der Waals surface area contributed by atoms with Crippen LogP contribution in [-0.4, -0.2) is 28.4 Å². The van der Waals surface area contributed by atoms with Crippen LogP contribution in [0.25, 0.3) is 0 Å². The van der Waals surface area contributed by atoms with Crippen molar-refractivity contribution in [1.82, 2.24) is 15.5 Å². The molecule has 8 heteroatoms. The number of carbonyl (C=O) groups excluding carboxylic acids is 1. The van der Waals surface area contributed by atoms with Gasteiger partial charge in [-0.3, -0.25) is 4.79 Å². The first-order chi connectivity index (χ1) is 14.7. The minimum absolute atomic E-state index is 0.00854. The summed E-state index contributed by atoms with van der Waals surface area (Å²) in [5.41, 5.74) is 4.10. The van der Waals surface area contributed by atoms with E-state index in [-0.39, 0.29) is 11.9 Å². The fourth-order valence-corrected chi connectivity index (χ4v) is 5.90. The van der Waals surface area contributed by atoms with Gasteiger partial charge in [0.1, 0.15) is 0 Å².